The van der Waals surface area contributed by atoms with E-state index in [4.69, 9.17) is 26.7 Å². The van der Waals surface area contributed by atoms with Crippen LogP contribution in [0.15, 0.2) is 0 Å². The number of aliphatic carboxylic acids is 1. The Hall–Kier alpha value is -1.31. The number of nitrogens with zero attached hydrogens (tertiary/aromatic N) is 3. The van der Waals surface area contributed by atoms with Crippen LogP contribution in [0.1, 0.15) is 20.8 Å². The molecule has 2 aliphatic heterocycles. The van der Waals surface area contributed by atoms with Gasteiger partial charge < -0.3 is 14.7 Å². The van der Waals surface area contributed by atoms with E-state index in [1.807, 2.05) is 0 Å². The number of ether oxygens (including phenoxy) is 1. The Balaban J connectivity index is 0.000000273. The topological polar surface area (TPSA) is 111 Å². The lowest BCUT2D eigenvalue weighted by atomic mass is 10.2. The van der Waals surface area contributed by atoms with Crippen LogP contribution in [0.4, 0.5) is 4.79 Å². The number of hydrogen-bond acceptors (Lipinski definition) is 7. The Kier molecular flexibility index (Phi) is 8.86. The quantitative estimate of drug-likeness (QED) is 0.671. The van der Waals surface area contributed by atoms with Crippen LogP contribution in [0.5, 0.6) is 0 Å². The van der Waals surface area contributed by atoms with Crippen molar-refractivity contribution in [2.24, 2.45) is 0 Å². The number of nitriles is 1. The van der Waals surface area contributed by atoms with E-state index in [2.05, 4.69) is 6.07 Å². The molecule has 1 N–H and O–H groups in total. The van der Waals surface area contributed by atoms with Crippen LogP contribution in [-0.4, -0.2) is 79.7 Å². The molecule has 0 radical (unpaired) electrons. The van der Waals surface area contributed by atoms with Gasteiger partial charge in [-0.05, 0) is 20.8 Å². The molecular weight excluding hydrogens is 402 g/mol. The summed E-state index contributed by atoms with van der Waals surface area (Å²) < 4.78 is 5.11. The largest absolute Gasteiger partial charge is 0.480 e. The summed E-state index contributed by atoms with van der Waals surface area (Å²) in [5, 5.41) is 17.4. The maximum absolute atomic E-state index is 11.6. The molecule has 0 saturated carbocycles. The summed E-state index contributed by atoms with van der Waals surface area (Å²) in [5.74, 6) is 0.955. The molecule has 8 nitrogen and oxygen atoms in total. The third kappa shape index (κ3) is 6.78. The normalized spacial score (nSPS) is 22.3. The van der Waals surface area contributed by atoms with E-state index >= 15 is 0 Å². The Morgan fingerprint density at radius 3 is 2.31 bits per heavy atom. The molecule has 2 heterocycles. The highest BCUT2D eigenvalue weighted by Crippen LogP contribution is 2.23. The molecule has 0 bridgehead atoms. The van der Waals surface area contributed by atoms with Crippen LogP contribution in [0.25, 0.3) is 0 Å². The Morgan fingerprint density at radius 1 is 1.23 bits per heavy atom. The fourth-order valence-electron chi connectivity index (χ4n) is 2.02. The molecule has 2 saturated heterocycles. The summed E-state index contributed by atoms with van der Waals surface area (Å²) in [4.78, 5) is 36.2. The van der Waals surface area contributed by atoms with Gasteiger partial charge in [-0.1, -0.05) is 0 Å². The van der Waals surface area contributed by atoms with Crippen molar-refractivity contribution in [3.63, 3.8) is 0 Å². The number of alkyl halides is 1. The summed E-state index contributed by atoms with van der Waals surface area (Å²) >= 11 is 8.34. The van der Waals surface area contributed by atoms with Gasteiger partial charge in [0.1, 0.15) is 23.6 Å². The van der Waals surface area contributed by atoms with Crippen molar-refractivity contribution in [2.75, 3.05) is 29.1 Å². The van der Waals surface area contributed by atoms with Crippen LogP contribution in [0.2, 0.25) is 0 Å². The van der Waals surface area contributed by atoms with E-state index in [1.165, 1.54) is 21.6 Å². The first kappa shape index (κ1) is 22.7. The second-order valence-electron chi connectivity index (χ2n) is 6.45. The minimum absolute atomic E-state index is 0.0290. The van der Waals surface area contributed by atoms with E-state index in [0.717, 1.165) is 0 Å². The molecule has 0 aromatic rings. The van der Waals surface area contributed by atoms with Crippen molar-refractivity contribution in [3.8, 4) is 6.07 Å². The van der Waals surface area contributed by atoms with Gasteiger partial charge in [0.25, 0.3) is 0 Å². The van der Waals surface area contributed by atoms with Gasteiger partial charge in [0.15, 0.2) is 0 Å². The minimum Gasteiger partial charge on any atom is -0.480 e. The zero-order valence-corrected chi connectivity index (χ0v) is 17.2. The standard InChI is InChI=1S/C9H15NO4S.C6H7ClN2OS/c1-9(2,3)14-8(13)10-5-15-4-6(10)7(11)12;7-1-6(10)9-4-11-3-5(9)2-8/h6H,4-5H2,1-3H3,(H,11,12);5H,1,3-4H2/t;5-/m.0/s1. The highest BCUT2D eigenvalue weighted by molar-refractivity contribution is 7.99. The van der Waals surface area contributed by atoms with Crippen molar-refractivity contribution in [1.29, 1.82) is 5.26 Å². The zero-order valence-electron chi connectivity index (χ0n) is 14.8. The van der Waals surface area contributed by atoms with Gasteiger partial charge in [-0.3, -0.25) is 9.69 Å². The number of rotatable bonds is 2. The molecule has 2 amide bonds. The summed E-state index contributed by atoms with van der Waals surface area (Å²) in [5.41, 5.74) is -0.590. The molecule has 2 atom stereocenters. The third-order valence-electron chi connectivity index (χ3n) is 3.26. The number of halogens is 1. The van der Waals surface area contributed by atoms with Crippen molar-refractivity contribution < 1.29 is 24.2 Å². The highest BCUT2D eigenvalue weighted by atomic mass is 35.5. The summed E-state index contributed by atoms with van der Waals surface area (Å²) in [6.07, 6.45) is -0.556. The van der Waals surface area contributed by atoms with E-state index in [-0.39, 0.29) is 17.8 Å². The highest BCUT2D eigenvalue weighted by Gasteiger charge is 2.37. The molecular formula is C15H22ClN3O5S2. The van der Waals surface area contributed by atoms with Gasteiger partial charge in [0, 0.05) is 11.5 Å². The average Bonchev–Trinajstić information content (AvgIpc) is 3.21. The number of thioether (sulfide) groups is 2. The number of hydrogen-bond donors (Lipinski definition) is 1. The van der Waals surface area contributed by atoms with Crippen LogP contribution in [0, 0.1) is 11.3 Å². The smallest absolute Gasteiger partial charge is 0.411 e. The van der Waals surface area contributed by atoms with Gasteiger partial charge in [0.2, 0.25) is 5.91 Å². The lowest BCUT2D eigenvalue weighted by Gasteiger charge is -2.26. The van der Waals surface area contributed by atoms with E-state index in [0.29, 0.717) is 23.3 Å². The summed E-state index contributed by atoms with van der Waals surface area (Å²) in [7, 11) is 0. The van der Waals surface area contributed by atoms with Crippen LogP contribution < -0.4 is 0 Å². The molecule has 2 rings (SSSR count). The number of carboxylic acid groups (broad SMARTS) is 1. The van der Waals surface area contributed by atoms with Gasteiger partial charge >= 0.3 is 12.1 Å². The van der Waals surface area contributed by atoms with E-state index in [1.54, 1.807) is 32.5 Å². The van der Waals surface area contributed by atoms with Gasteiger partial charge in [-0.15, -0.1) is 35.1 Å². The summed E-state index contributed by atoms with van der Waals surface area (Å²) in [6, 6.07) is 1.02. The zero-order chi connectivity index (χ0) is 19.9. The van der Waals surface area contributed by atoms with E-state index < -0.39 is 23.7 Å². The third-order valence-corrected chi connectivity index (χ3v) is 5.51. The molecule has 1 unspecified atom stereocenters. The first-order valence-corrected chi connectivity index (χ1v) is 10.6. The molecule has 146 valence electrons. The van der Waals surface area contributed by atoms with Crippen LogP contribution >= 0.6 is 35.1 Å². The maximum Gasteiger partial charge on any atom is 0.411 e. The molecule has 0 aliphatic carbocycles. The van der Waals surface area contributed by atoms with Crippen molar-refractivity contribution in [1.82, 2.24) is 9.80 Å². The molecule has 11 heteroatoms. The van der Waals surface area contributed by atoms with Crippen LogP contribution in [0.3, 0.4) is 0 Å². The van der Waals surface area contributed by atoms with Crippen molar-refractivity contribution >= 4 is 53.1 Å². The lowest BCUT2D eigenvalue weighted by molar-refractivity contribution is -0.141. The Bertz CT molecular complexity index is 579. The number of carbonyl (C=O) groups is 3. The predicted molar refractivity (Wildman–Crippen MR) is 101 cm³/mol. The van der Waals surface area contributed by atoms with Crippen LogP contribution in [-0.2, 0) is 14.3 Å². The molecule has 2 fully saturated rings. The molecule has 0 aromatic heterocycles. The molecule has 0 aromatic carbocycles. The predicted octanol–water partition coefficient (Wildman–Crippen LogP) is 2.03. The minimum atomic E-state index is -0.981. The fourth-order valence-corrected chi connectivity index (χ4v) is 4.41. The SMILES string of the molecule is CC(C)(C)OC(=O)N1CSCC1C(=O)O.N#C[C@H]1CSCN1C(=O)CCl. The molecule has 2 aliphatic rings. The fraction of sp³-hybridized carbons (Fsp3) is 0.733. The van der Waals surface area contributed by atoms with Crippen molar-refractivity contribution in [3.05, 3.63) is 0 Å². The van der Waals surface area contributed by atoms with Gasteiger partial charge in [0.05, 0.1) is 17.8 Å². The number of amides is 2. The first-order chi connectivity index (χ1) is 12.1. The first-order valence-electron chi connectivity index (χ1n) is 7.73. The Labute approximate surface area is 166 Å². The monoisotopic (exact) mass is 423 g/mol. The maximum atomic E-state index is 11.6. The second kappa shape index (κ2) is 10.1. The van der Waals surface area contributed by atoms with Gasteiger partial charge in [-0.25, -0.2) is 9.59 Å². The number of carboxylic acids is 1. The van der Waals surface area contributed by atoms with E-state index in [9.17, 15) is 14.4 Å². The average molecular weight is 424 g/mol. The second-order valence-corrected chi connectivity index (χ2v) is 8.71. The van der Waals surface area contributed by atoms with Crippen molar-refractivity contribution in [2.45, 2.75) is 38.5 Å². The number of carbonyl (C=O) groups excluding carboxylic acids is 2. The lowest BCUT2D eigenvalue weighted by Crippen LogP contribution is -2.44. The molecule has 0 spiro atoms. The summed E-state index contributed by atoms with van der Waals surface area (Å²) in [6.45, 7) is 5.26. The molecule has 26 heavy (non-hydrogen) atoms. The van der Waals surface area contributed by atoms with Gasteiger partial charge in [-0.2, -0.15) is 5.26 Å². The Morgan fingerprint density at radius 2 is 1.81 bits per heavy atom.